The summed E-state index contributed by atoms with van der Waals surface area (Å²) in [5.41, 5.74) is 3.00. The van der Waals surface area contributed by atoms with Gasteiger partial charge >= 0.3 is 0 Å². The molecule has 20 heavy (non-hydrogen) atoms. The third kappa shape index (κ3) is 2.82. The Labute approximate surface area is 121 Å². The van der Waals surface area contributed by atoms with E-state index in [0.29, 0.717) is 13.0 Å². The molecular weight excluding hydrogens is 272 g/mol. The first kappa shape index (κ1) is 13.1. The normalized spacial score (nSPS) is 13.8. The quantitative estimate of drug-likeness (QED) is 0.940. The van der Waals surface area contributed by atoms with Crippen molar-refractivity contribution in [2.45, 2.75) is 32.8 Å². The van der Waals surface area contributed by atoms with E-state index in [0.717, 1.165) is 40.5 Å². The van der Waals surface area contributed by atoms with Gasteiger partial charge in [-0.1, -0.05) is 6.92 Å². The molecule has 4 nitrogen and oxygen atoms in total. The van der Waals surface area contributed by atoms with Gasteiger partial charge in [-0.3, -0.25) is 4.79 Å². The molecule has 0 fully saturated rings. The van der Waals surface area contributed by atoms with Gasteiger partial charge in [0.1, 0.15) is 12.4 Å². The van der Waals surface area contributed by atoms with Crippen molar-refractivity contribution in [3.63, 3.8) is 0 Å². The molecule has 1 N–H and O–H groups in total. The number of carbonyl (C=O) groups excluding carboxylic acids is 1. The summed E-state index contributed by atoms with van der Waals surface area (Å²) < 4.78 is 5.77. The first-order valence-electron chi connectivity index (χ1n) is 6.73. The maximum atomic E-state index is 11.3. The highest BCUT2D eigenvalue weighted by atomic mass is 32.1. The summed E-state index contributed by atoms with van der Waals surface area (Å²) in [6.07, 6.45) is 2.28. The van der Waals surface area contributed by atoms with Crippen molar-refractivity contribution < 1.29 is 9.53 Å². The van der Waals surface area contributed by atoms with Crippen LogP contribution in [0.4, 0.5) is 5.69 Å². The second-order valence-electron chi connectivity index (χ2n) is 4.74. The zero-order chi connectivity index (χ0) is 13.9. The van der Waals surface area contributed by atoms with E-state index in [1.54, 1.807) is 11.3 Å². The number of fused-ring (bicyclic) bond motifs is 1. The Bertz CT molecular complexity index is 637. The van der Waals surface area contributed by atoms with Gasteiger partial charge in [-0.25, -0.2) is 4.98 Å². The Morgan fingerprint density at radius 2 is 2.30 bits per heavy atom. The number of ether oxygens (including phenoxy) is 1. The lowest BCUT2D eigenvalue weighted by Gasteiger charge is -2.17. The van der Waals surface area contributed by atoms with Crippen molar-refractivity contribution in [1.29, 1.82) is 0 Å². The van der Waals surface area contributed by atoms with E-state index in [1.807, 2.05) is 23.6 Å². The molecule has 0 saturated carbocycles. The van der Waals surface area contributed by atoms with Gasteiger partial charge in [0, 0.05) is 17.5 Å². The highest BCUT2D eigenvalue weighted by Crippen LogP contribution is 2.27. The number of aromatic nitrogens is 1. The van der Waals surface area contributed by atoms with Gasteiger partial charge in [0.2, 0.25) is 5.91 Å². The van der Waals surface area contributed by atoms with Crippen molar-refractivity contribution >= 4 is 22.9 Å². The third-order valence-electron chi connectivity index (χ3n) is 3.26. The Hall–Kier alpha value is -1.88. The number of amides is 1. The lowest BCUT2D eigenvalue weighted by atomic mass is 10.0. The second kappa shape index (κ2) is 5.63. The van der Waals surface area contributed by atoms with E-state index in [-0.39, 0.29) is 5.91 Å². The predicted octanol–water partition coefficient (Wildman–Crippen LogP) is 3.17. The van der Waals surface area contributed by atoms with E-state index < -0.39 is 0 Å². The van der Waals surface area contributed by atoms with Crippen LogP contribution in [0.15, 0.2) is 23.6 Å². The minimum atomic E-state index is 0.0840. The van der Waals surface area contributed by atoms with Crippen LogP contribution < -0.4 is 10.1 Å². The Kier molecular flexibility index (Phi) is 3.69. The Morgan fingerprint density at radius 1 is 1.40 bits per heavy atom. The van der Waals surface area contributed by atoms with Gasteiger partial charge in [-0.05, 0) is 36.6 Å². The molecule has 0 spiro atoms. The van der Waals surface area contributed by atoms with Crippen molar-refractivity contribution in [2.24, 2.45) is 0 Å². The highest BCUT2D eigenvalue weighted by Gasteiger charge is 2.15. The van der Waals surface area contributed by atoms with E-state index in [2.05, 4.69) is 17.2 Å². The van der Waals surface area contributed by atoms with Crippen LogP contribution in [-0.2, 0) is 24.2 Å². The number of carbonyl (C=O) groups is 1. The van der Waals surface area contributed by atoms with Crippen LogP contribution in [-0.4, -0.2) is 10.9 Å². The summed E-state index contributed by atoms with van der Waals surface area (Å²) in [6.45, 7) is 2.59. The number of thiazole rings is 1. The molecule has 3 rings (SSSR count). The summed E-state index contributed by atoms with van der Waals surface area (Å²) >= 11 is 1.67. The van der Waals surface area contributed by atoms with Crippen LogP contribution in [0.2, 0.25) is 0 Å². The van der Waals surface area contributed by atoms with Crippen molar-refractivity contribution in [3.05, 3.63) is 39.8 Å². The van der Waals surface area contributed by atoms with Crippen LogP contribution in [0.5, 0.6) is 5.75 Å². The smallest absolute Gasteiger partial charge is 0.224 e. The standard InChI is InChI=1S/C15H16N2O2S/c1-2-15-16-11(9-20-15)8-19-12-4-5-13-10(7-12)3-6-14(18)17-13/h4-5,7,9H,2-3,6,8H2,1H3,(H,17,18). The van der Waals surface area contributed by atoms with Gasteiger partial charge in [0.15, 0.2) is 0 Å². The number of rotatable bonds is 4. The lowest BCUT2D eigenvalue weighted by Crippen LogP contribution is -2.18. The molecule has 0 bridgehead atoms. The van der Waals surface area contributed by atoms with Gasteiger partial charge in [-0.2, -0.15) is 0 Å². The number of anilines is 1. The number of hydrogen-bond donors (Lipinski definition) is 1. The molecule has 0 saturated heterocycles. The topological polar surface area (TPSA) is 51.2 Å². The number of nitrogens with one attached hydrogen (secondary N) is 1. The summed E-state index contributed by atoms with van der Waals surface area (Å²) in [5.74, 6) is 0.909. The largest absolute Gasteiger partial charge is 0.487 e. The molecule has 1 aromatic carbocycles. The maximum Gasteiger partial charge on any atom is 0.224 e. The Balaban J connectivity index is 1.67. The number of aryl methyl sites for hydroxylation is 2. The first-order valence-corrected chi connectivity index (χ1v) is 7.61. The SMILES string of the molecule is CCc1nc(COc2ccc3c(c2)CCC(=O)N3)cs1. The molecule has 5 heteroatoms. The minimum Gasteiger partial charge on any atom is -0.487 e. The molecule has 0 unspecified atom stereocenters. The highest BCUT2D eigenvalue weighted by molar-refractivity contribution is 7.09. The zero-order valence-electron chi connectivity index (χ0n) is 11.3. The molecule has 1 aliphatic rings. The lowest BCUT2D eigenvalue weighted by molar-refractivity contribution is -0.116. The monoisotopic (exact) mass is 288 g/mol. The van der Waals surface area contributed by atoms with Gasteiger partial charge < -0.3 is 10.1 Å². The van der Waals surface area contributed by atoms with Crippen LogP contribution in [0.1, 0.15) is 29.6 Å². The summed E-state index contributed by atoms with van der Waals surface area (Å²) in [4.78, 5) is 15.8. The van der Waals surface area contributed by atoms with E-state index in [4.69, 9.17) is 4.74 Å². The van der Waals surface area contributed by atoms with E-state index in [9.17, 15) is 4.79 Å². The molecule has 0 radical (unpaired) electrons. The molecule has 1 aromatic heterocycles. The van der Waals surface area contributed by atoms with Crippen molar-refractivity contribution in [2.75, 3.05) is 5.32 Å². The fraction of sp³-hybridized carbons (Fsp3) is 0.333. The van der Waals surface area contributed by atoms with E-state index in [1.165, 1.54) is 0 Å². The molecular formula is C15H16N2O2S. The predicted molar refractivity (Wildman–Crippen MR) is 79.2 cm³/mol. The molecule has 0 atom stereocenters. The molecule has 2 heterocycles. The summed E-state index contributed by atoms with van der Waals surface area (Å²) in [5, 5.41) is 6.04. The van der Waals surface area contributed by atoms with Crippen LogP contribution >= 0.6 is 11.3 Å². The van der Waals surface area contributed by atoms with Gasteiger partial charge in [0.25, 0.3) is 0 Å². The van der Waals surface area contributed by atoms with Crippen LogP contribution in [0.25, 0.3) is 0 Å². The third-order valence-corrected chi connectivity index (χ3v) is 4.30. The Morgan fingerprint density at radius 3 is 3.10 bits per heavy atom. The van der Waals surface area contributed by atoms with Gasteiger partial charge in [0.05, 0.1) is 10.7 Å². The molecule has 0 aliphatic carbocycles. The minimum absolute atomic E-state index is 0.0840. The van der Waals surface area contributed by atoms with Crippen LogP contribution in [0.3, 0.4) is 0 Å². The summed E-state index contributed by atoms with van der Waals surface area (Å²) in [6, 6.07) is 5.79. The number of hydrogen-bond acceptors (Lipinski definition) is 4. The van der Waals surface area contributed by atoms with Gasteiger partial charge in [-0.15, -0.1) is 11.3 Å². The van der Waals surface area contributed by atoms with Crippen molar-refractivity contribution in [1.82, 2.24) is 4.98 Å². The molecule has 104 valence electrons. The fourth-order valence-corrected chi connectivity index (χ4v) is 2.91. The average Bonchev–Trinajstić information content (AvgIpc) is 2.93. The second-order valence-corrected chi connectivity index (χ2v) is 5.68. The average molecular weight is 288 g/mol. The first-order chi connectivity index (χ1) is 9.74. The maximum absolute atomic E-state index is 11.3. The molecule has 1 aliphatic heterocycles. The fourth-order valence-electron chi connectivity index (χ4n) is 2.18. The number of benzene rings is 1. The summed E-state index contributed by atoms with van der Waals surface area (Å²) in [7, 11) is 0. The van der Waals surface area contributed by atoms with Crippen molar-refractivity contribution in [3.8, 4) is 5.75 Å². The van der Waals surface area contributed by atoms with E-state index >= 15 is 0 Å². The molecule has 1 amide bonds. The number of nitrogens with zero attached hydrogens (tertiary/aromatic N) is 1. The molecule has 2 aromatic rings. The zero-order valence-corrected chi connectivity index (χ0v) is 12.1. The van der Waals surface area contributed by atoms with Crippen LogP contribution in [0, 0.1) is 0 Å².